The molecule has 1 aliphatic rings. The maximum atomic E-state index is 11.8. The highest BCUT2D eigenvalue weighted by Gasteiger charge is 2.37. The van der Waals surface area contributed by atoms with Crippen LogP contribution in [0.25, 0.3) is 0 Å². The van der Waals surface area contributed by atoms with Gasteiger partial charge in [0.05, 0.1) is 13.0 Å². The Hall–Kier alpha value is -0.830. The molecule has 0 radical (unpaired) electrons. The molecular weight excluding hydrogens is 437 g/mol. The van der Waals surface area contributed by atoms with Gasteiger partial charge < -0.3 is 15.0 Å². The Kier molecular flexibility index (Phi) is 7.98. The van der Waals surface area contributed by atoms with E-state index in [1.54, 1.807) is 18.4 Å². The average Bonchev–Trinajstić information content (AvgIpc) is 3.17. The van der Waals surface area contributed by atoms with Crippen LogP contribution in [-0.4, -0.2) is 50.6 Å². The molecule has 2 rings (SSSR count). The minimum absolute atomic E-state index is 0. The molecule has 5 nitrogen and oxygen atoms in total. The predicted molar refractivity (Wildman–Crippen MR) is 110 cm³/mol. The van der Waals surface area contributed by atoms with Gasteiger partial charge >= 0.3 is 5.97 Å². The van der Waals surface area contributed by atoms with Crippen molar-refractivity contribution >= 4 is 47.2 Å². The number of carbonyl (C=O) groups excluding carboxylic acids is 1. The molecule has 2 heterocycles. The summed E-state index contributed by atoms with van der Waals surface area (Å²) in [6.07, 6.45) is 0. The molecule has 136 valence electrons. The second-order valence-electron chi connectivity index (χ2n) is 6.77. The van der Waals surface area contributed by atoms with Gasteiger partial charge in [-0.15, -0.1) is 35.3 Å². The number of carbonyl (C=O) groups is 1. The number of ether oxygens (including phenoxy) is 1. The lowest BCUT2D eigenvalue weighted by Crippen LogP contribution is -2.45. The smallest absolute Gasteiger partial charge is 0.310 e. The normalized spacial score (nSPS) is 21.4. The second kappa shape index (κ2) is 9.03. The molecule has 1 fully saturated rings. The van der Waals surface area contributed by atoms with Crippen LogP contribution in [0, 0.1) is 11.8 Å². The van der Waals surface area contributed by atoms with Gasteiger partial charge in [-0.25, -0.2) is 0 Å². The molecule has 2 unspecified atom stereocenters. The lowest BCUT2D eigenvalue weighted by atomic mass is 9.91. The number of thiophene rings is 1. The van der Waals surface area contributed by atoms with E-state index >= 15 is 0 Å². The van der Waals surface area contributed by atoms with Gasteiger partial charge in [-0.3, -0.25) is 9.79 Å². The van der Waals surface area contributed by atoms with Crippen molar-refractivity contribution in [2.45, 2.75) is 26.2 Å². The van der Waals surface area contributed by atoms with Gasteiger partial charge in [0.1, 0.15) is 0 Å². The third-order valence-corrected chi connectivity index (χ3v) is 5.74. The maximum absolute atomic E-state index is 11.8. The summed E-state index contributed by atoms with van der Waals surface area (Å²) in [6.45, 7) is 8.82. The molecular formula is C17H28IN3O2S. The first-order valence-electron chi connectivity index (χ1n) is 7.96. The number of halogens is 1. The van der Waals surface area contributed by atoms with Crippen LogP contribution in [0.4, 0.5) is 0 Å². The molecule has 7 heteroatoms. The summed E-state index contributed by atoms with van der Waals surface area (Å²) in [6, 6.07) is 4.25. The molecule has 1 aliphatic heterocycles. The van der Waals surface area contributed by atoms with Crippen LogP contribution >= 0.6 is 35.3 Å². The van der Waals surface area contributed by atoms with E-state index in [9.17, 15) is 4.79 Å². The van der Waals surface area contributed by atoms with Crippen molar-refractivity contribution < 1.29 is 9.53 Å². The molecule has 0 aromatic carbocycles. The van der Waals surface area contributed by atoms with Crippen LogP contribution in [0.5, 0.6) is 0 Å². The van der Waals surface area contributed by atoms with Crippen LogP contribution in [0.2, 0.25) is 0 Å². The highest BCUT2D eigenvalue weighted by Crippen LogP contribution is 2.27. The van der Waals surface area contributed by atoms with E-state index in [0.717, 1.165) is 19.0 Å². The molecule has 24 heavy (non-hydrogen) atoms. The van der Waals surface area contributed by atoms with Crippen molar-refractivity contribution in [2.24, 2.45) is 16.8 Å². The topological polar surface area (TPSA) is 53.9 Å². The van der Waals surface area contributed by atoms with E-state index in [0.29, 0.717) is 6.54 Å². The first-order valence-corrected chi connectivity index (χ1v) is 8.84. The van der Waals surface area contributed by atoms with E-state index in [1.807, 2.05) is 0 Å². The molecule has 1 N–H and O–H groups in total. The second-order valence-corrected chi connectivity index (χ2v) is 7.72. The van der Waals surface area contributed by atoms with Crippen molar-refractivity contribution in [3.05, 3.63) is 22.4 Å². The first-order chi connectivity index (χ1) is 10.9. The number of hydrogen-bond acceptors (Lipinski definition) is 4. The number of methoxy groups -OCH3 is 1. The fraction of sp³-hybridized carbons (Fsp3) is 0.647. The Morgan fingerprint density at radius 2 is 2.21 bits per heavy atom. The van der Waals surface area contributed by atoms with Crippen molar-refractivity contribution in [1.29, 1.82) is 0 Å². The summed E-state index contributed by atoms with van der Waals surface area (Å²) in [5, 5.41) is 5.57. The lowest BCUT2D eigenvalue weighted by molar-refractivity contribution is -0.145. The van der Waals surface area contributed by atoms with Crippen molar-refractivity contribution in [3.63, 3.8) is 0 Å². The van der Waals surface area contributed by atoms with Gasteiger partial charge in [-0.1, -0.05) is 26.8 Å². The Morgan fingerprint density at radius 1 is 1.50 bits per heavy atom. The standard InChI is InChI=1S/C17H27N3O2S.HI/c1-12-9-20(10-13(12)15(21)22-5)16(18-4)19-11-17(2,3)14-7-6-8-23-14;/h6-8,12-13H,9-11H2,1-5H3,(H,18,19);1H. The number of rotatable bonds is 4. The van der Waals surface area contributed by atoms with Gasteiger partial charge in [0.2, 0.25) is 0 Å². The van der Waals surface area contributed by atoms with Crippen LogP contribution in [0.15, 0.2) is 22.5 Å². The molecule has 0 bridgehead atoms. The van der Waals surface area contributed by atoms with E-state index in [4.69, 9.17) is 4.74 Å². The van der Waals surface area contributed by atoms with Gasteiger partial charge in [-0.2, -0.15) is 0 Å². The molecule has 1 aromatic rings. The quantitative estimate of drug-likeness (QED) is 0.322. The third-order valence-electron chi connectivity index (χ3n) is 4.50. The number of likely N-dealkylation sites (tertiary alicyclic amines) is 1. The fourth-order valence-corrected chi connectivity index (χ4v) is 3.83. The van der Waals surface area contributed by atoms with Crippen LogP contribution in [0.1, 0.15) is 25.6 Å². The summed E-state index contributed by atoms with van der Waals surface area (Å²) >= 11 is 1.77. The van der Waals surface area contributed by atoms with Crippen LogP contribution in [0.3, 0.4) is 0 Å². The Bertz CT molecular complexity index is 560. The molecule has 0 amide bonds. The molecule has 2 atom stereocenters. The first kappa shape index (κ1) is 21.2. The predicted octanol–water partition coefficient (Wildman–Crippen LogP) is 2.96. The third kappa shape index (κ3) is 4.84. The summed E-state index contributed by atoms with van der Waals surface area (Å²) in [5.74, 6) is 0.914. The lowest BCUT2D eigenvalue weighted by Gasteiger charge is -2.28. The van der Waals surface area contributed by atoms with E-state index in [-0.39, 0.29) is 47.2 Å². The Labute approximate surface area is 165 Å². The zero-order valence-corrected chi connectivity index (χ0v) is 18.2. The van der Waals surface area contributed by atoms with Crippen molar-refractivity contribution in [1.82, 2.24) is 10.2 Å². The van der Waals surface area contributed by atoms with Gasteiger partial charge in [-0.05, 0) is 17.4 Å². The van der Waals surface area contributed by atoms with Crippen LogP contribution in [-0.2, 0) is 14.9 Å². The Balaban J connectivity index is 0.00000288. The van der Waals surface area contributed by atoms with Gasteiger partial charge in [0, 0.05) is 37.0 Å². The molecule has 0 saturated carbocycles. The maximum Gasteiger partial charge on any atom is 0.310 e. The largest absolute Gasteiger partial charge is 0.469 e. The zero-order chi connectivity index (χ0) is 17.0. The molecule has 1 saturated heterocycles. The number of nitrogens with zero attached hydrogens (tertiary/aromatic N) is 2. The molecule has 0 spiro atoms. The van der Waals surface area contributed by atoms with E-state index < -0.39 is 0 Å². The average molecular weight is 465 g/mol. The fourth-order valence-electron chi connectivity index (χ4n) is 2.98. The zero-order valence-electron chi connectivity index (χ0n) is 15.0. The van der Waals surface area contributed by atoms with Gasteiger partial charge in [0.15, 0.2) is 5.96 Å². The number of guanidine groups is 1. The number of esters is 1. The summed E-state index contributed by atoms with van der Waals surface area (Å²) < 4.78 is 4.90. The SMILES string of the molecule is CN=C(NCC(C)(C)c1cccs1)N1CC(C)C(C(=O)OC)C1.I. The van der Waals surface area contributed by atoms with Crippen LogP contribution < -0.4 is 5.32 Å². The van der Waals surface area contributed by atoms with Crippen molar-refractivity contribution in [2.75, 3.05) is 33.8 Å². The summed E-state index contributed by atoms with van der Waals surface area (Å²) in [5.41, 5.74) is 0.0389. The van der Waals surface area contributed by atoms with E-state index in [2.05, 4.69) is 53.5 Å². The minimum atomic E-state index is -0.130. The number of aliphatic imine (C=N–C) groups is 1. The molecule has 0 aliphatic carbocycles. The monoisotopic (exact) mass is 465 g/mol. The number of hydrogen-bond donors (Lipinski definition) is 1. The van der Waals surface area contributed by atoms with Crippen molar-refractivity contribution in [3.8, 4) is 0 Å². The highest BCUT2D eigenvalue weighted by molar-refractivity contribution is 14.0. The summed E-state index contributed by atoms with van der Waals surface area (Å²) in [7, 11) is 3.24. The summed E-state index contributed by atoms with van der Waals surface area (Å²) in [4.78, 5) is 19.7. The number of nitrogens with one attached hydrogen (secondary N) is 1. The molecule has 1 aromatic heterocycles. The van der Waals surface area contributed by atoms with Gasteiger partial charge in [0.25, 0.3) is 0 Å². The van der Waals surface area contributed by atoms with E-state index in [1.165, 1.54) is 12.0 Å². The minimum Gasteiger partial charge on any atom is -0.469 e. The highest BCUT2D eigenvalue weighted by atomic mass is 127. The Morgan fingerprint density at radius 3 is 2.75 bits per heavy atom.